The molecule has 5 rings (SSSR count). The monoisotopic (exact) mass is 689 g/mol. The predicted octanol–water partition coefficient (Wildman–Crippen LogP) is 6.25. The van der Waals surface area contributed by atoms with Gasteiger partial charge in [0.15, 0.2) is 11.5 Å². The zero-order chi connectivity index (χ0) is 34.1. The molecule has 4 aromatic carbocycles. The topological polar surface area (TPSA) is 105 Å². The van der Waals surface area contributed by atoms with Gasteiger partial charge in [-0.3, -0.25) is 13.9 Å². The molecule has 9 nitrogen and oxygen atoms in total. The van der Waals surface area contributed by atoms with Crippen molar-refractivity contribution in [2.75, 3.05) is 25.1 Å². The van der Waals surface area contributed by atoms with Crippen molar-refractivity contribution in [3.8, 4) is 11.5 Å². The van der Waals surface area contributed by atoms with Crippen molar-refractivity contribution in [2.45, 2.75) is 55.6 Å². The first kappa shape index (κ1) is 34.8. The number of hydrogen-bond donors (Lipinski definition) is 1. The van der Waals surface area contributed by atoms with Gasteiger partial charge < -0.3 is 19.7 Å². The number of ether oxygens (including phenoxy) is 2. The Kier molecular flexibility index (Phi) is 11.6. The molecule has 0 aromatic heterocycles. The number of nitrogens with one attached hydrogen (secondary N) is 1. The van der Waals surface area contributed by atoms with E-state index in [0.717, 1.165) is 41.1 Å². The van der Waals surface area contributed by atoms with Gasteiger partial charge in [0, 0.05) is 30.1 Å². The minimum atomic E-state index is -4.31. The maximum Gasteiger partial charge on any atom is 0.264 e. The number of sulfonamides is 1. The summed E-state index contributed by atoms with van der Waals surface area (Å²) in [6, 6.07) is 28.4. The van der Waals surface area contributed by atoms with Crippen LogP contribution < -0.4 is 19.1 Å². The summed E-state index contributed by atoms with van der Waals surface area (Å²) in [5.74, 6) is -0.221. The van der Waals surface area contributed by atoms with E-state index in [9.17, 15) is 18.0 Å². The molecule has 0 heterocycles. The zero-order valence-electron chi connectivity index (χ0n) is 27.0. The molecule has 1 N–H and O–H groups in total. The number of carbonyl (C=O) groups excluding carboxylic acids is 2. The first-order valence-electron chi connectivity index (χ1n) is 15.9. The van der Waals surface area contributed by atoms with E-state index in [2.05, 4.69) is 5.32 Å². The molecule has 1 atom stereocenters. The molecule has 252 valence electrons. The Labute approximate surface area is 287 Å². The lowest BCUT2D eigenvalue weighted by Gasteiger charge is -2.34. The molecule has 0 aliphatic heterocycles. The van der Waals surface area contributed by atoms with Crippen LogP contribution in [0.4, 0.5) is 5.69 Å². The quantitative estimate of drug-likeness (QED) is 0.168. The van der Waals surface area contributed by atoms with Gasteiger partial charge >= 0.3 is 0 Å². The lowest BCUT2D eigenvalue weighted by Crippen LogP contribution is -2.54. The molecule has 2 amide bonds. The summed E-state index contributed by atoms with van der Waals surface area (Å²) < 4.78 is 40.5. The highest BCUT2D eigenvalue weighted by Crippen LogP contribution is 2.32. The maximum absolute atomic E-state index is 14.6. The van der Waals surface area contributed by atoms with Crippen LogP contribution in [0.25, 0.3) is 0 Å². The van der Waals surface area contributed by atoms with Crippen molar-refractivity contribution in [2.24, 2.45) is 0 Å². The fourth-order valence-corrected chi connectivity index (χ4v) is 7.49. The molecular formula is C37H40ClN3O6S. The molecule has 0 spiro atoms. The Morgan fingerprint density at radius 1 is 0.833 bits per heavy atom. The van der Waals surface area contributed by atoms with Gasteiger partial charge in [0.2, 0.25) is 11.8 Å². The van der Waals surface area contributed by atoms with Gasteiger partial charge in [-0.25, -0.2) is 8.42 Å². The average molecular weight is 690 g/mol. The van der Waals surface area contributed by atoms with Crippen LogP contribution in [0.15, 0.2) is 108 Å². The summed E-state index contributed by atoms with van der Waals surface area (Å²) in [7, 11) is -1.43. The van der Waals surface area contributed by atoms with Crippen LogP contribution >= 0.6 is 11.6 Å². The summed E-state index contributed by atoms with van der Waals surface area (Å²) in [6.45, 7) is -0.499. The predicted molar refractivity (Wildman–Crippen MR) is 187 cm³/mol. The third-order valence-corrected chi connectivity index (χ3v) is 10.5. The summed E-state index contributed by atoms with van der Waals surface area (Å²) in [5.41, 5.74) is 1.91. The molecule has 1 saturated carbocycles. The highest BCUT2D eigenvalue weighted by atomic mass is 35.5. The van der Waals surface area contributed by atoms with E-state index >= 15 is 0 Å². The third kappa shape index (κ3) is 8.48. The minimum absolute atomic E-state index is 0.0227. The van der Waals surface area contributed by atoms with E-state index in [1.165, 1.54) is 37.3 Å². The molecule has 0 unspecified atom stereocenters. The van der Waals surface area contributed by atoms with Gasteiger partial charge in [-0.05, 0) is 60.4 Å². The molecule has 1 aliphatic carbocycles. The number of methoxy groups -OCH3 is 2. The molecule has 0 bridgehead atoms. The summed E-state index contributed by atoms with van der Waals surface area (Å²) in [4.78, 5) is 30.2. The summed E-state index contributed by atoms with van der Waals surface area (Å²) in [6.07, 6.45) is 4.05. The Bertz CT molecular complexity index is 1780. The van der Waals surface area contributed by atoms with Crippen LogP contribution in [0.5, 0.6) is 11.5 Å². The second-order valence-corrected chi connectivity index (χ2v) is 14.0. The van der Waals surface area contributed by atoms with Crippen molar-refractivity contribution in [1.29, 1.82) is 0 Å². The molecular weight excluding hydrogens is 650 g/mol. The van der Waals surface area contributed by atoms with E-state index in [1.54, 1.807) is 54.6 Å². The summed E-state index contributed by atoms with van der Waals surface area (Å²) >= 11 is 6.18. The van der Waals surface area contributed by atoms with E-state index in [4.69, 9.17) is 21.1 Å². The number of amides is 2. The second kappa shape index (κ2) is 16.0. The lowest BCUT2D eigenvalue weighted by atomic mass is 10.0. The summed E-state index contributed by atoms with van der Waals surface area (Å²) in [5, 5.41) is 3.72. The first-order chi connectivity index (χ1) is 23.2. The largest absolute Gasteiger partial charge is 0.493 e. The van der Waals surface area contributed by atoms with Crippen molar-refractivity contribution >= 4 is 39.1 Å². The standard InChI is InChI=1S/C37H40ClN3O6S/c1-46-34-22-21-32(24-35(34)47-2)48(44,45)41(31-15-7-4-8-16-31)26-36(42)40(25-28-17-19-29(38)20-18-28)33(23-27-11-5-3-6-12-27)37(43)39-30-13-9-10-14-30/h3-8,11-12,15-22,24,30,33H,9-10,13-14,23,25-26H2,1-2H3,(H,39,43)/t33-/m0/s1. The molecule has 48 heavy (non-hydrogen) atoms. The molecule has 0 radical (unpaired) electrons. The fourth-order valence-electron chi connectivity index (χ4n) is 5.94. The minimum Gasteiger partial charge on any atom is -0.493 e. The zero-order valence-corrected chi connectivity index (χ0v) is 28.6. The van der Waals surface area contributed by atoms with Crippen LogP contribution in [0.3, 0.4) is 0 Å². The molecule has 11 heteroatoms. The van der Waals surface area contributed by atoms with E-state index in [0.29, 0.717) is 16.5 Å². The van der Waals surface area contributed by atoms with E-state index < -0.39 is 28.5 Å². The number of benzene rings is 4. The molecule has 4 aromatic rings. The maximum atomic E-state index is 14.6. The van der Waals surface area contributed by atoms with Gasteiger partial charge in [-0.1, -0.05) is 85.1 Å². The Morgan fingerprint density at radius 2 is 1.46 bits per heavy atom. The molecule has 1 aliphatic rings. The number of rotatable bonds is 14. The van der Waals surface area contributed by atoms with Crippen molar-refractivity contribution in [3.05, 3.63) is 119 Å². The van der Waals surface area contributed by atoms with Gasteiger partial charge in [0.1, 0.15) is 12.6 Å². The van der Waals surface area contributed by atoms with Gasteiger partial charge in [0.05, 0.1) is 24.8 Å². The van der Waals surface area contributed by atoms with Gasteiger partial charge in [-0.2, -0.15) is 0 Å². The Hall–Kier alpha value is -4.54. The third-order valence-electron chi connectivity index (χ3n) is 8.50. The van der Waals surface area contributed by atoms with Crippen LogP contribution in [-0.4, -0.2) is 58.0 Å². The average Bonchev–Trinajstić information content (AvgIpc) is 3.62. The smallest absolute Gasteiger partial charge is 0.264 e. The van der Waals surface area contributed by atoms with Crippen LogP contribution in [0, 0.1) is 0 Å². The lowest BCUT2D eigenvalue weighted by molar-refractivity contribution is -0.140. The molecule has 0 saturated heterocycles. The van der Waals surface area contributed by atoms with Gasteiger partial charge in [-0.15, -0.1) is 0 Å². The number of nitrogens with zero attached hydrogens (tertiary/aromatic N) is 2. The number of para-hydroxylation sites is 1. The number of carbonyl (C=O) groups is 2. The highest BCUT2D eigenvalue weighted by Gasteiger charge is 2.35. The Morgan fingerprint density at radius 3 is 2.08 bits per heavy atom. The Balaban J connectivity index is 1.56. The normalized spacial score (nSPS) is 13.8. The SMILES string of the molecule is COc1ccc(S(=O)(=O)N(CC(=O)N(Cc2ccc(Cl)cc2)[C@@H](Cc2ccccc2)C(=O)NC2CCCC2)c2ccccc2)cc1OC. The first-order valence-corrected chi connectivity index (χ1v) is 17.7. The van der Waals surface area contributed by atoms with Crippen molar-refractivity contribution in [3.63, 3.8) is 0 Å². The highest BCUT2D eigenvalue weighted by molar-refractivity contribution is 7.92. The van der Waals surface area contributed by atoms with Gasteiger partial charge in [0.25, 0.3) is 10.0 Å². The van der Waals surface area contributed by atoms with E-state index in [1.807, 2.05) is 30.3 Å². The van der Waals surface area contributed by atoms with Crippen molar-refractivity contribution in [1.82, 2.24) is 10.2 Å². The van der Waals surface area contributed by atoms with E-state index in [-0.39, 0.29) is 35.6 Å². The van der Waals surface area contributed by atoms with Crippen molar-refractivity contribution < 1.29 is 27.5 Å². The fraction of sp³-hybridized carbons (Fsp3) is 0.297. The number of halogens is 1. The molecule has 1 fully saturated rings. The van der Waals surface area contributed by atoms with Crippen LogP contribution in [0.2, 0.25) is 5.02 Å². The second-order valence-electron chi connectivity index (χ2n) is 11.7. The number of hydrogen-bond acceptors (Lipinski definition) is 6. The number of anilines is 1. The van der Waals surface area contributed by atoms with Crippen LogP contribution in [0.1, 0.15) is 36.8 Å². The van der Waals surface area contributed by atoms with Crippen LogP contribution in [-0.2, 0) is 32.6 Å².